The predicted molar refractivity (Wildman–Crippen MR) is 136 cm³/mol. The van der Waals surface area contributed by atoms with Gasteiger partial charge in [0.2, 0.25) is 11.8 Å². The van der Waals surface area contributed by atoms with E-state index in [9.17, 15) is 14.4 Å². The molecule has 4 unspecified atom stereocenters. The zero-order valence-corrected chi connectivity index (χ0v) is 20.5. The maximum atomic E-state index is 14.3. The van der Waals surface area contributed by atoms with Crippen LogP contribution in [0.1, 0.15) is 51.8 Å². The van der Waals surface area contributed by atoms with Gasteiger partial charge in [-0.2, -0.15) is 0 Å². The molecule has 0 spiro atoms. The molecule has 2 N–H and O–H groups in total. The van der Waals surface area contributed by atoms with Crippen LogP contribution in [0.15, 0.2) is 78.9 Å². The summed E-state index contributed by atoms with van der Waals surface area (Å²) in [5, 5.41) is 0. The van der Waals surface area contributed by atoms with E-state index in [4.69, 9.17) is 10.5 Å². The molecule has 2 aliphatic rings. The summed E-state index contributed by atoms with van der Waals surface area (Å²) >= 11 is 0. The van der Waals surface area contributed by atoms with Crippen molar-refractivity contribution in [2.75, 3.05) is 7.11 Å². The smallest absolute Gasteiger partial charge is 0.240 e. The molecule has 1 aliphatic heterocycles. The van der Waals surface area contributed by atoms with Gasteiger partial charge in [0.15, 0.2) is 5.78 Å². The van der Waals surface area contributed by atoms with Crippen molar-refractivity contribution < 1.29 is 19.1 Å². The monoisotopic (exact) mass is 482 g/mol. The highest BCUT2D eigenvalue weighted by atomic mass is 16.5. The molecule has 2 amide bonds. The van der Waals surface area contributed by atoms with Crippen LogP contribution in [0.4, 0.5) is 0 Å². The van der Waals surface area contributed by atoms with E-state index in [1.165, 1.54) is 0 Å². The van der Waals surface area contributed by atoms with Crippen LogP contribution < -0.4 is 10.5 Å². The second-order valence-corrected chi connectivity index (χ2v) is 9.78. The van der Waals surface area contributed by atoms with Gasteiger partial charge in [0.1, 0.15) is 11.8 Å². The summed E-state index contributed by atoms with van der Waals surface area (Å²) < 4.78 is 5.27. The molecule has 5 rings (SSSR count). The van der Waals surface area contributed by atoms with Gasteiger partial charge in [-0.1, -0.05) is 60.2 Å². The Morgan fingerprint density at radius 1 is 0.861 bits per heavy atom. The van der Waals surface area contributed by atoms with Crippen LogP contribution in [0.2, 0.25) is 0 Å². The number of Topliss-reactive ketones (excluding diaryl/α,β-unsaturated/α-hetero) is 1. The number of aryl methyl sites for hydroxylation is 1. The second kappa shape index (κ2) is 9.61. The Hall–Kier alpha value is -3.93. The molecule has 0 radical (unpaired) electrons. The standard InChI is InChI=1S/C30H30N2O4/c1-18-8-10-20(11-9-18)26-25(28(33)21-14-16-23(36-2)17-15-21)24(19-6-4-3-5-7-19)27(29(31)34)32(26)30(35)22-12-13-22/h3-11,14-17,22,24-27H,12-13H2,1-2H3,(H2,31,34). The fraction of sp³-hybridized carbons (Fsp3) is 0.300. The largest absolute Gasteiger partial charge is 0.497 e. The van der Waals surface area contributed by atoms with Crippen molar-refractivity contribution in [2.24, 2.45) is 17.6 Å². The molecule has 1 heterocycles. The minimum atomic E-state index is -0.931. The summed E-state index contributed by atoms with van der Waals surface area (Å²) in [6.45, 7) is 1.99. The number of hydrogen-bond acceptors (Lipinski definition) is 4. The van der Waals surface area contributed by atoms with Gasteiger partial charge in [0, 0.05) is 17.4 Å². The highest BCUT2D eigenvalue weighted by Gasteiger charge is 2.58. The molecule has 36 heavy (non-hydrogen) atoms. The zero-order valence-electron chi connectivity index (χ0n) is 20.5. The van der Waals surface area contributed by atoms with Crippen molar-refractivity contribution in [3.8, 4) is 5.75 Å². The predicted octanol–water partition coefficient (Wildman–Crippen LogP) is 4.43. The second-order valence-electron chi connectivity index (χ2n) is 9.78. The fourth-order valence-corrected chi connectivity index (χ4v) is 5.49. The summed E-state index contributed by atoms with van der Waals surface area (Å²) in [5.74, 6) is -1.58. The normalized spacial score (nSPS) is 23.3. The molecule has 0 bridgehead atoms. The number of likely N-dealkylation sites (tertiary alicyclic amines) is 1. The van der Waals surface area contributed by atoms with Crippen LogP contribution in [-0.2, 0) is 9.59 Å². The van der Waals surface area contributed by atoms with Gasteiger partial charge in [0.25, 0.3) is 0 Å². The van der Waals surface area contributed by atoms with Gasteiger partial charge < -0.3 is 15.4 Å². The molecule has 4 atom stereocenters. The Morgan fingerprint density at radius 3 is 2.06 bits per heavy atom. The van der Waals surface area contributed by atoms with Crippen LogP contribution in [0.5, 0.6) is 5.75 Å². The van der Waals surface area contributed by atoms with E-state index in [-0.39, 0.29) is 17.6 Å². The number of ether oxygens (including phenoxy) is 1. The van der Waals surface area contributed by atoms with Crippen molar-refractivity contribution in [1.82, 2.24) is 4.90 Å². The SMILES string of the molecule is COc1ccc(C(=O)C2C(c3ccccc3)C(C(N)=O)N(C(=O)C3CC3)C2c2ccc(C)cc2)cc1. The summed E-state index contributed by atoms with van der Waals surface area (Å²) in [7, 11) is 1.57. The summed E-state index contributed by atoms with van der Waals surface area (Å²) in [5.41, 5.74) is 9.23. The van der Waals surface area contributed by atoms with Crippen LogP contribution >= 0.6 is 0 Å². The Bertz CT molecular complexity index is 1270. The number of amides is 2. The number of methoxy groups -OCH3 is 1. The highest BCUT2D eigenvalue weighted by Crippen LogP contribution is 2.52. The lowest BCUT2D eigenvalue weighted by Gasteiger charge is -2.31. The minimum absolute atomic E-state index is 0.102. The third-order valence-electron chi connectivity index (χ3n) is 7.42. The molecule has 1 saturated heterocycles. The fourth-order valence-electron chi connectivity index (χ4n) is 5.49. The van der Waals surface area contributed by atoms with E-state index < -0.39 is 29.8 Å². The van der Waals surface area contributed by atoms with Crippen LogP contribution in [-0.4, -0.2) is 35.6 Å². The third-order valence-corrected chi connectivity index (χ3v) is 7.42. The van der Waals surface area contributed by atoms with Crippen molar-refractivity contribution in [2.45, 2.75) is 37.8 Å². The maximum absolute atomic E-state index is 14.3. The number of ketones is 1. The Morgan fingerprint density at radius 2 is 1.50 bits per heavy atom. The molecule has 0 aromatic heterocycles. The van der Waals surface area contributed by atoms with Crippen molar-refractivity contribution >= 4 is 17.6 Å². The van der Waals surface area contributed by atoms with Gasteiger partial charge in [-0.05, 0) is 55.2 Å². The highest BCUT2D eigenvalue weighted by molar-refractivity contribution is 6.02. The summed E-state index contributed by atoms with van der Waals surface area (Å²) in [4.78, 5) is 42.7. The lowest BCUT2D eigenvalue weighted by molar-refractivity contribution is -0.140. The quantitative estimate of drug-likeness (QED) is 0.505. The molecule has 6 nitrogen and oxygen atoms in total. The third kappa shape index (κ3) is 4.28. The number of primary amides is 1. The van der Waals surface area contributed by atoms with Gasteiger partial charge in [-0.3, -0.25) is 14.4 Å². The van der Waals surface area contributed by atoms with E-state index >= 15 is 0 Å². The minimum Gasteiger partial charge on any atom is -0.497 e. The molecule has 2 fully saturated rings. The van der Waals surface area contributed by atoms with Gasteiger partial charge in [-0.15, -0.1) is 0 Å². The molecule has 1 aliphatic carbocycles. The van der Waals surface area contributed by atoms with Crippen LogP contribution in [0.3, 0.4) is 0 Å². The Kier molecular flexibility index (Phi) is 6.35. The van der Waals surface area contributed by atoms with E-state index in [0.717, 1.165) is 29.5 Å². The lowest BCUT2D eigenvalue weighted by Crippen LogP contribution is -2.47. The average Bonchev–Trinajstić information content (AvgIpc) is 3.69. The van der Waals surface area contributed by atoms with Crippen LogP contribution in [0.25, 0.3) is 0 Å². The number of carbonyl (C=O) groups is 3. The van der Waals surface area contributed by atoms with E-state index in [1.54, 1.807) is 36.3 Å². The van der Waals surface area contributed by atoms with Gasteiger partial charge >= 0.3 is 0 Å². The lowest BCUT2D eigenvalue weighted by atomic mass is 9.76. The van der Waals surface area contributed by atoms with Crippen LogP contribution in [0, 0.1) is 18.8 Å². The van der Waals surface area contributed by atoms with Gasteiger partial charge in [0.05, 0.1) is 19.1 Å². The topological polar surface area (TPSA) is 89.7 Å². The number of carbonyl (C=O) groups excluding carboxylic acids is 3. The van der Waals surface area contributed by atoms with E-state index in [2.05, 4.69) is 0 Å². The van der Waals surface area contributed by atoms with Crippen molar-refractivity contribution in [3.63, 3.8) is 0 Å². The number of hydrogen-bond donors (Lipinski definition) is 1. The van der Waals surface area contributed by atoms with E-state index in [0.29, 0.717) is 11.3 Å². The molecule has 184 valence electrons. The van der Waals surface area contributed by atoms with Crippen molar-refractivity contribution in [1.29, 1.82) is 0 Å². The molecule has 3 aromatic rings. The maximum Gasteiger partial charge on any atom is 0.240 e. The first-order valence-corrected chi connectivity index (χ1v) is 12.3. The number of nitrogens with zero attached hydrogens (tertiary/aromatic N) is 1. The zero-order chi connectivity index (χ0) is 25.4. The molecular formula is C30H30N2O4. The summed E-state index contributed by atoms with van der Waals surface area (Å²) in [6.07, 6.45) is 1.57. The first-order chi connectivity index (χ1) is 17.4. The first kappa shape index (κ1) is 23.8. The molecular weight excluding hydrogens is 452 g/mol. The average molecular weight is 483 g/mol. The number of nitrogens with two attached hydrogens (primary N) is 1. The Labute approximate surface area is 211 Å². The molecule has 6 heteroatoms. The van der Waals surface area contributed by atoms with Gasteiger partial charge in [-0.25, -0.2) is 0 Å². The molecule has 3 aromatic carbocycles. The van der Waals surface area contributed by atoms with E-state index in [1.807, 2.05) is 61.5 Å². The number of rotatable bonds is 7. The first-order valence-electron chi connectivity index (χ1n) is 12.3. The number of benzene rings is 3. The summed E-state index contributed by atoms with van der Waals surface area (Å²) in [6, 6.07) is 22.7. The Balaban J connectivity index is 1.71. The van der Waals surface area contributed by atoms with Crippen molar-refractivity contribution in [3.05, 3.63) is 101 Å². The molecule has 1 saturated carbocycles.